The molecule has 0 aliphatic carbocycles. The van der Waals surface area contributed by atoms with Crippen LogP contribution in [-0.4, -0.2) is 42.9 Å². The van der Waals surface area contributed by atoms with E-state index in [1.54, 1.807) is 24.8 Å². The van der Waals surface area contributed by atoms with Crippen LogP contribution in [0.25, 0.3) is 0 Å². The Labute approximate surface area is 167 Å². The lowest BCUT2D eigenvalue weighted by Gasteiger charge is -2.23. The second-order valence-corrected chi connectivity index (χ2v) is 7.41. The Kier molecular flexibility index (Phi) is 7.28. The molecule has 0 fully saturated rings. The van der Waals surface area contributed by atoms with Crippen LogP contribution in [0, 0.1) is 18.7 Å². The van der Waals surface area contributed by atoms with Crippen LogP contribution < -0.4 is 5.32 Å². The summed E-state index contributed by atoms with van der Waals surface area (Å²) >= 11 is 1.15. The van der Waals surface area contributed by atoms with Crippen LogP contribution in [0.3, 0.4) is 0 Å². The molecule has 1 unspecified atom stereocenters. The summed E-state index contributed by atoms with van der Waals surface area (Å²) in [6, 6.07) is 7.08. The van der Waals surface area contributed by atoms with Crippen molar-refractivity contribution >= 4 is 34.1 Å². The summed E-state index contributed by atoms with van der Waals surface area (Å²) < 4.78 is 18.0. The highest BCUT2D eigenvalue weighted by Crippen LogP contribution is 2.28. The fourth-order valence-corrected chi connectivity index (χ4v) is 3.71. The van der Waals surface area contributed by atoms with E-state index in [0.717, 1.165) is 17.4 Å². The molecule has 28 heavy (non-hydrogen) atoms. The predicted octanol–water partition coefficient (Wildman–Crippen LogP) is 3.72. The number of hydrogen-bond donors (Lipinski definition) is 1. The summed E-state index contributed by atoms with van der Waals surface area (Å²) in [6.45, 7) is 5.98. The molecule has 1 heterocycles. The van der Waals surface area contributed by atoms with Crippen molar-refractivity contribution < 1.29 is 23.5 Å². The smallest absolute Gasteiger partial charge is 0.310 e. The van der Waals surface area contributed by atoms with Crippen molar-refractivity contribution in [2.24, 2.45) is 5.92 Å². The first kappa shape index (κ1) is 21.6. The minimum atomic E-state index is -0.496. The van der Waals surface area contributed by atoms with Crippen molar-refractivity contribution in [2.45, 2.75) is 20.8 Å². The van der Waals surface area contributed by atoms with Gasteiger partial charge in [-0.3, -0.25) is 14.4 Å². The van der Waals surface area contributed by atoms with Crippen molar-refractivity contribution in [2.75, 3.05) is 25.5 Å². The molecule has 0 aliphatic heterocycles. The molecule has 6 nitrogen and oxygen atoms in total. The zero-order valence-electron chi connectivity index (χ0n) is 16.2. The summed E-state index contributed by atoms with van der Waals surface area (Å²) in [5.74, 6) is -1.99. The number of anilines is 1. The Balaban J connectivity index is 2.14. The quantitative estimate of drug-likeness (QED) is 0.711. The number of benzene rings is 1. The standard InChI is InChI=1S/C20H23FN2O4S/c1-5-23(11-13(3)20(26)27-4)19(25)17-12(2)9-16(28-17)22-18(24)14-7-6-8-15(21)10-14/h6-10,13H,5,11H2,1-4H3,(H,22,24). The minimum Gasteiger partial charge on any atom is -0.469 e. The highest BCUT2D eigenvalue weighted by Gasteiger charge is 2.24. The third-order valence-corrected chi connectivity index (χ3v) is 5.34. The Hall–Kier alpha value is -2.74. The van der Waals surface area contributed by atoms with Gasteiger partial charge in [0.1, 0.15) is 5.82 Å². The summed E-state index contributed by atoms with van der Waals surface area (Å²) in [6.07, 6.45) is 0. The van der Waals surface area contributed by atoms with Gasteiger partial charge in [-0.15, -0.1) is 11.3 Å². The molecule has 0 aliphatic rings. The number of esters is 1. The van der Waals surface area contributed by atoms with Crippen LogP contribution in [0.5, 0.6) is 0 Å². The molecule has 0 radical (unpaired) electrons. The van der Waals surface area contributed by atoms with Crippen molar-refractivity contribution in [1.82, 2.24) is 4.90 Å². The van der Waals surface area contributed by atoms with Gasteiger partial charge in [0.05, 0.1) is 22.9 Å². The first-order valence-corrected chi connectivity index (χ1v) is 9.62. The van der Waals surface area contributed by atoms with E-state index in [0.29, 0.717) is 22.0 Å². The summed E-state index contributed by atoms with van der Waals surface area (Å²) in [5, 5.41) is 3.19. The Bertz CT molecular complexity index is 881. The molecule has 0 saturated carbocycles. The van der Waals surface area contributed by atoms with Gasteiger partial charge in [-0.25, -0.2) is 4.39 Å². The molecular weight excluding hydrogens is 383 g/mol. The van der Waals surface area contributed by atoms with Crippen molar-refractivity contribution in [3.8, 4) is 0 Å². The lowest BCUT2D eigenvalue weighted by molar-refractivity contribution is -0.145. The maximum Gasteiger partial charge on any atom is 0.310 e. The topological polar surface area (TPSA) is 75.7 Å². The molecule has 1 aromatic carbocycles. The summed E-state index contributed by atoms with van der Waals surface area (Å²) in [7, 11) is 1.31. The number of aryl methyl sites for hydroxylation is 1. The van der Waals surface area contributed by atoms with E-state index < -0.39 is 17.6 Å². The van der Waals surface area contributed by atoms with E-state index in [-0.39, 0.29) is 24.0 Å². The van der Waals surface area contributed by atoms with E-state index in [4.69, 9.17) is 4.74 Å². The number of amides is 2. The van der Waals surface area contributed by atoms with Crippen LogP contribution in [0.2, 0.25) is 0 Å². The molecule has 1 aromatic heterocycles. The molecule has 1 atom stereocenters. The van der Waals surface area contributed by atoms with Gasteiger partial charge < -0.3 is 15.0 Å². The van der Waals surface area contributed by atoms with E-state index >= 15 is 0 Å². The van der Waals surface area contributed by atoms with Gasteiger partial charge in [-0.1, -0.05) is 13.0 Å². The van der Waals surface area contributed by atoms with Gasteiger partial charge in [0.2, 0.25) is 0 Å². The van der Waals surface area contributed by atoms with Crippen molar-refractivity contribution in [3.05, 3.63) is 52.2 Å². The number of ether oxygens (including phenoxy) is 1. The van der Waals surface area contributed by atoms with Gasteiger partial charge in [-0.05, 0) is 43.7 Å². The number of carbonyl (C=O) groups is 3. The van der Waals surface area contributed by atoms with Crippen LogP contribution >= 0.6 is 11.3 Å². The summed E-state index contributed by atoms with van der Waals surface area (Å²) in [5.41, 5.74) is 0.912. The van der Waals surface area contributed by atoms with Gasteiger partial charge in [0.25, 0.3) is 11.8 Å². The number of nitrogens with zero attached hydrogens (tertiary/aromatic N) is 1. The average molecular weight is 406 g/mol. The molecule has 2 rings (SSSR count). The van der Waals surface area contributed by atoms with Crippen LogP contribution in [-0.2, 0) is 9.53 Å². The first-order valence-electron chi connectivity index (χ1n) is 8.81. The van der Waals surface area contributed by atoms with E-state index in [1.807, 2.05) is 6.92 Å². The minimum absolute atomic E-state index is 0.195. The number of rotatable bonds is 7. The van der Waals surface area contributed by atoms with E-state index in [9.17, 15) is 18.8 Å². The van der Waals surface area contributed by atoms with Crippen LogP contribution in [0.4, 0.5) is 9.39 Å². The first-order chi connectivity index (χ1) is 13.3. The number of nitrogens with one attached hydrogen (secondary N) is 1. The highest BCUT2D eigenvalue weighted by atomic mass is 32.1. The molecule has 2 aromatic rings. The maximum atomic E-state index is 13.3. The lowest BCUT2D eigenvalue weighted by Crippen LogP contribution is -2.37. The second kappa shape index (κ2) is 9.45. The van der Waals surface area contributed by atoms with Crippen molar-refractivity contribution in [3.63, 3.8) is 0 Å². The van der Waals surface area contributed by atoms with Gasteiger partial charge >= 0.3 is 5.97 Å². The molecule has 0 spiro atoms. The molecule has 2 amide bonds. The van der Waals surface area contributed by atoms with Crippen molar-refractivity contribution in [1.29, 1.82) is 0 Å². The number of carbonyl (C=O) groups excluding carboxylic acids is 3. The highest BCUT2D eigenvalue weighted by molar-refractivity contribution is 7.18. The predicted molar refractivity (Wildman–Crippen MR) is 106 cm³/mol. The third-order valence-electron chi connectivity index (χ3n) is 4.20. The Morgan fingerprint density at radius 1 is 1.29 bits per heavy atom. The molecular formula is C20H23FN2O4S. The number of halogens is 1. The van der Waals surface area contributed by atoms with Gasteiger partial charge in [0, 0.05) is 18.7 Å². The van der Waals surface area contributed by atoms with Gasteiger partial charge in [0.15, 0.2) is 0 Å². The number of thiophene rings is 1. The monoisotopic (exact) mass is 406 g/mol. The van der Waals surface area contributed by atoms with E-state index in [1.165, 1.54) is 25.3 Å². The van der Waals surface area contributed by atoms with Crippen LogP contribution in [0.1, 0.15) is 39.4 Å². The number of hydrogen-bond acceptors (Lipinski definition) is 5. The van der Waals surface area contributed by atoms with Crippen LogP contribution in [0.15, 0.2) is 30.3 Å². The fourth-order valence-electron chi connectivity index (χ4n) is 2.68. The zero-order chi connectivity index (χ0) is 20.8. The molecule has 1 N–H and O–H groups in total. The molecule has 0 saturated heterocycles. The summed E-state index contributed by atoms with van der Waals surface area (Å²) in [4.78, 5) is 38.9. The SMILES string of the molecule is CCN(CC(C)C(=O)OC)C(=O)c1sc(NC(=O)c2cccc(F)c2)cc1C. The molecule has 150 valence electrons. The fraction of sp³-hybridized carbons (Fsp3) is 0.350. The lowest BCUT2D eigenvalue weighted by atomic mass is 10.1. The third kappa shape index (κ3) is 5.16. The second-order valence-electron chi connectivity index (χ2n) is 6.36. The zero-order valence-corrected chi connectivity index (χ0v) is 17.1. The van der Waals surface area contributed by atoms with E-state index in [2.05, 4.69) is 5.32 Å². The molecule has 0 bridgehead atoms. The average Bonchev–Trinajstić information content (AvgIpc) is 3.04. The number of methoxy groups -OCH3 is 1. The molecule has 8 heteroatoms. The normalized spacial score (nSPS) is 11.6. The maximum absolute atomic E-state index is 13.3. The van der Waals surface area contributed by atoms with Gasteiger partial charge in [-0.2, -0.15) is 0 Å². The Morgan fingerprint density at radius 3 is 2.61 bits per heavy atom. The Morgan fingerprint density at radius 2 is 2.00 bits per heavy atom. The largest absolute Gasteiger partial charge is 0.469 e.